The van der Waals surface area contributed by atoms with Crippen molar-refractivity contribution in [2.24, 2.45) is 0 Å². The van der Waals surface area contributed by atoms with E-state index in [2.05, 4.69) is 9.71 Å². The van der Waals surface area contributed by atoms with Crippen LogP contribution in [0.15, 0.2) is 63.6 Å². The predicted molar refractivity (Wildman–Crippen MR) is 122 cm³/mol. The second-order valence-electron chi connectivity index (χ2n) is 7.22. The van der Waals surface area contributed by atoms with E-state index in [1.165, 1.54) is 46.9 Å². The molecule has 0 aliphatic carbocycles. The van der Waals surface area contributed by atoms with Gasteiger partial charge < -0.3 is 4.74 Å². The van der Waals surface area contributed by atoms with Crippen LogP contribution in [0.3, 0.4) is 0 Å². The molecule has 0 unspecified atom stereocenters. The van der Waals surface area contributed by atoms with Crippen LogP contribution in [0.5, 0.6) is 0 Å². The van der Waals surface area contributed by atoms with Gasteiger partial charge in [-0.1, -0.05) is 12.1 Å². The number of aromatic nitrogens is 2. The molecule has 4 rings (SSSR count). The molecule has 11 heteroatoms. The zero-order chi connectivity index (χ0) is 23.8. The van der Waals surface area contributed by atoms with E-state index in [9.17, 15) is 22.4 Å². The van der Waals surface area contributed by atoms with E-state index >= 15 is 0 Å². The molecule has 0 bridgehead atoms. The smallest absolute Gasteiger partial charge is 0.340 e. The molecule has 0 saturated heterocycles. The number of thiazole rings is 1. The molecule has 0 aliphatic rings. The number of hydrogen-bond donors (Lipinski definition) is 1. The van der Waals surface area contributed by atoms with Gasteiger partial charge in [-0.05, 0) is 49.7 Å². The number of anilines is 1. The third-order valence-electron chi connectivity index (χ3n) is 4.81. The molecule has 33 heavy (non-hydrogen) atoms. The lowest BCUT2D eigenvalue weighted by Crippen LogP contribution is -2.18. The quantitative estimate of drug-likeness (QED) is 0.416. The second kappa shape index (κ2) is 8.75. The molecule has 4 aromatic rings. The highest BCUT2D eigenvalue weighted by molar-refractivity contribution is 7.92. The minimum absolute atomic E-state index is 0.00170. The number of carbonyl (C=O) groups is 1. The summed E-state index contributed by atoms with van der Waals surface area (Å²) < 4.78 is 48.1. The summed E-state index contributed by atoms with van der Waals surface area (Å²) in [4.78, 5) is 29.6. The summed E-state index contributed by atoms with van der Waals surface area (Å²) in [6, 6.07) is 10.6. The fourth-order valence-corrected chi connectivity index (χ4v) is 5.19. The topological polar surface area (TPSA) is 107 Å². The molecule has 2 aromatic heterocycles. The molecule has 1 N–H and O–H groups in total. The lowest BCUT2D eigenvalue weighted by atomic mass is 10.2. The number of rotatable bonds is 6. The van der Waals surface area contributed by atoms with Crippen molar-refractivity contribution >= 4 is 38.0 Å². The molecular weight excluding hydrogens is 469 g/mol. The first-order valence-electron chi connectivity index (χ1n) is 9.67. The van der Waals surface area contributed by atoms with Gasteiger partial charge in [-0.25, -0.2) is 22.6 Å². The second-order valence-corrected chi connectivity index (χ2v) is 9.74. The number of hydrogen-bond acceptors (Lipinski definition) is 7. The molecule has 8 nitrogen and oxygen atoms in total. The van der Waals surface area contributed by atoms with Crippen LogP contribution in [0, 0.1) is 19.7 Å². The Hall–Kier alpha value is -3.57. The minimum Gasteiger partial charge on any atom is -0.456 e. The summed E-state index contributed by atoms with van der Waals surface area (Å²) in [5.41, 5.74) is 0.898. The van der Waals surface area contributed by atoms with Gasteiger partial charge in [-0.3, -0.25) is 13.9 Å². The molecule has 0 fully saturated rings. The molecule has 2 heterocycles. The van der Waals surface area contributed by atoms with Gasteiger partial charge in [0.1, 0.15) is 12.4 Å². The van der Waals surface area contributed by atoms with Gasteiger partial charge in [0.05, 0.1) is 21.8 Å². The number of carbonyl (C=O) groups excluding carboxylic acids is 1. The normalized spacial score (nSPS) is 11.5. The van der Waals surface area contributed by atoms with Crippen LogP contribution in [-0.2, 0) is 21.4 Å². The standard InChI is InChI=1S/C22H18FN3O5S2/c1-13-9-16(7-8-18(13)23)33(29,30)25-19-6-4-3-5-17(19)21(28)31-11-15-10-20(27)26-14(2)12-32-22(26)24-15/h3-10,12,25H,11H2,1-2H3. The van der Waals surface area contributed by atoms with Crippen molar-refractivity contribution in [3.63, 3.8) is 0 Å². The molecule has 170 valence electrons. The molecule has 0 saturated carbocycles. The molecule has 0 spiro atoms. The van der Waals surface area contributed by atoms with Gasteiger partial charge >= 0.3 is 5.97 Å². The first kappa shape index (κ1) is 22.6. The maximum atomic E-state index is 13.5. The van der Waals surface area contributed by atoms with Gasteiger partial charge in [0.25, 0.3) is 15.6 Å². The van der Waals surface area contributed by atoms with Crippen molar-refractivity contribution in [3.8, 4) is 0 Å². The molecule has 0 atom stereocenters. The maximum absolute atomic E-state index is 13.5. The first-order chi connectivity index (χ1) is 15.7. The molecule has 0 amide bonds. The van der Waals surface area contributed by atoms with Crippen molar-refractivity contribution in [3.05, 3.63) is 92.6 Å². The number of aryl methyl sites for hydroxylation is 2. The largest absolute Gasteiger partial charge is 0.456 e. The van der Waals surface area contributed by atoms with Crippen LogP contribution in [-0.4, -0.2) is 23.8 Å². The summed E-state index contributed by atoms with van der Waals surface area (Å²) in [6.07, 6.45) is 0. The Morgan fingerprint density at radius 2 is 1.94 bits per heavy atom. The Balaban J connectivity index is 1.55. The summed E-state index contributed by atoms with van der Waals surface area (Å²) in [7, 11) is -4.08. The molecule has 2 aromatic carbocycles. The Morgan fingerprint density at radius 3 is 2.70 bits per heavy atom. The van der Waals surface area contributed by atoms with Gasteiger partial charge in [-0.15, -0.1) is 11.3 Å². The lowest BCUT2D eigenvalue weighted by Gasteiger charge is -2.13. The Morgan fingerprint density at radius 1 is 1.18 bits per heavy atom. The highest BCUT2D eigenvalue weighted by Gasteiger charge is 2.20. The first-order valence-corrected chi connectivity index (χ1v) is 12.0. The Bertz CT molecular complexity index is 1540. The molecule has 0 radical (unpaired) electrons. The lowest BCUT2D eigenvalue weighted by molar-refractivity contribution is 0.0469. The van der Waals surface area contributed by atoms with Crippen LogP contribution < -0.4 is 10.3 Å². The van der Waals surface area contributed by atoms with E-state index in [-0.39, 0.29) is 39.6 Å². The number of ether oxygens (including phenoxy) is 1. The number of halogens is 1. The van der Waals surface area contributed by atoms with E-state index in [1.807, 2.05) is 0 Å². The Kier molecular flexibility index (Phi) is 6.00. The summed E-state index contributed by atoms with van der Waals surface area (Å²) in [6.45, 7) is 2.98. The fourth-order valence-electron chi connectivity index (χ4n) is 3.13. The minimum atomic E-state index is -4.08. The van der Waals surface area contributed by atoms with Crippen molar-refractivity contribution < 1.29 is 22.3 Å². The van der Waals surface area contributed by atoms with E-state index < -0.39 is 21.8 Å². The molecular formula is C22H18FN3O5S2. The summed E-state index contributed by atoms with van der Waals surface area (Å²) in [5, 5.41) is 1.80. The number of para-hydroxylation sites is 1. The zero-order valence-electron chi connectivity index (χ0n) is 17.5. The van der Waals surface area contributed by atoms with Crippen molar-refractivity contribution in [2.75, 3.05) is 4.72 Å². The zero-order valence-corrected chi connectivity index (χ0v) is 19.2. The monoisotopic (exact) mass is 487 g/mol. The van der Waals surface area contributed by atoms with Crippen LogP contribution in [0.2, 0.25) is 0 Å². The number of fused-ring (bicyclic) bond motifs is 1. The predicted octanol–water partition coefficient (Wildman–Crippen LogP) is 3.67. The van der Waals surface area contributed by atoms with E-state index in [1.54, 1.807) is 24.4 Å². The highest BCUT2D eigenvalue weighted by atomic mass is 32.2. The number of sulfonamides is 1. The van der Waals surface area contributed by atoms with Gasteiger partial charge in [0.2, 0.25) is 0 Å². The number of nitrogens with one attached hydrogen (secondary N) is 1. The van der Waals surface area contributed by atoms with E-state index in [4.69, 9.17) is 4.74 Å². The van der Waals surface area contributed by atoms with Crippen LogP contribution in [0.4, 0.5) is 10.1 Å². The fraction of sp³-hybridized carbons (Fsp3) is 0.136. The third kappa shape index (κ3) is 4.64. The van der Waals surface area contributed by atoms with Gasteiger partial charge in [0, 0.05) is 17.1 Å². The maximum Gasteiger partial charge on any atom is 0.340 e. The Labute approximate surface area is 192 Å². The summed E-state index contributed by atoms with van der Waals surface area (Å²) >= 11 is 1.29. The van der Waals surface area contributed by atoms with Crippen molar-refractivity contribution in [1.82, 2.24) is 9.38 Å². The van der Waals surface area contributed by atoms with Crippen LogP contribution >= 0.6 is 11.3 Å². The van der Waals surface area contributed by atoms with Crippen molar-refractivity contribution in [1.29, 1.82) is 0 Å². The van der Waals surface area contributed by atoms with Crippen molar-refractivity contribution in [2.45, 2.75) is 25.3 Å². The average molecular weight is 488 g/mol. The van der Waals surface area contributed by atoms with E-state index in [0.717, 1.165) is 17.8 Å². The van der Waals surface area contributed by atoms with Crippen LogP contribution in [0.25, 0.3) is 4.96 Å². The number of nitrogens with zero attached hydrogens (tertiary/aromatic N) is 2. The van der Waals surface area contributed by atoms with Crippen LogP contribution in [0.1, 0.15) is 27.3 Å². The number of benzene rings is 2. The average Bonchev–Trinajstić information content (AvgIpc) is 3.15. The summed E-state index contributed by atoms with van der Waals surface area (Å²) in [5.74, 6) is -1.32. The third-order valence-corrected chi connectivity index (χ3v) is 7.12. The van der Waals surface area contributed by atoms with E-state index in [0.29, 0.717) is 4.96 Å². The van der Waals surface area contributed by atoms with Gasteiger partial charge in [-0.2, -0.15) is 0 Å². The SMILES string of the molecule is Cc1cc(S(=O)(=O)Nc2ccccc2C(=O)OCc2cc(=O)n3c(C)csc3n2)ccc1F. The number of esters is 1. The van der Waals surface area contributed by atoms with Gasteiger partial charge in [0.15, 0.2) is 4.96 Å². The molecule has 0 aliphatic heterocycles. The highest BCUT2D eigenvalue weighted by Crippen LogP contribution is 2.22.